The van der Waals surface area contributed by atoms with E-state index >= 15 is 0 Å². The molecule has 0 saturated carbocycles. The Balaban J connectivity index is 2.33. The number of ether oxygens (including phenoxy) is 1. The molecule has 1 unspecified atom stereocenters. The second-order valence-corrected chi connectivity index (χ2v) is 4.82. The van der Waals surface area contributed by atoms with Crippen molar-refractivity contribution < 1.29 is 9.53 Å². The number of nitrogens with two attached hydrogens (primary N) is 1. The Kier molecular flexibility index (Phi) is 6.29. The van der Waals surface area contributed by atoms with Crippen molar-refractivity contribution in [1.82, 2.24) is 5.32 Å². The summed E-state index contributed by atoms with van der Waals surface area (Å²) in [6.45, 7) is 4.25. The maximum atomic E-state index is 11.7. The zero-order valence-electron chi connectivity index (χ0n) is 11.3. The third-order valence-electron chi connectivity index (χ3n) is 2.67. The van der Waals surface area contributed by atoms with Crippen LogP contribution in [0.25, 0.3) is 0 Å². The maximum Gasteiger partial charge on any atom is 0.223 e. The standard InChI is InChI=1S/C14H20N2O2S/c1-3-12(14(15)19)16-13(17)7-8-18-11-6-4-5-10(2)9-11/h4-6,9,12H,3,7-8H2,1-2H3,(H2,15,19)(H,16,17). The number of rotatable bonds is 7. The van der Waals surface area contributed by atoms with Gasteiger partial charge < -0.3 is 15.8 Å². The summed E-state index contributed by atoms with van der Waals surface area (Å²) >= 11 is 4.87. The first-order valence-corrected chi connectivity index (χ1v) is 6.72. The monoisotopic (exact) mass is 280 g/mol. The van der Waals surface area contributed by atoms with E-state index in [1.165, 1.54) is 0 Å². The number of amides is 1. The van der Waals surface area contributed by atoms with Crippen LogP contribution in [0, 0.1) is 6.92 Å². The molecular weight excluding hydrogens is 260 g/mol. The first kappa shape index (κ1) is 15.4. The first-order valence-electron chi connectivity index (χ1n) is 6.31. The normalized spacial score (nSPS) is 11.7. The van der Waals surface area contributed by atoms with E-state index in [0.29, 0.717) is 18.0 Å². The quantitative estimate of drug-likeness (QED) is 0.749. The Morgan fingerprint density at radius 3 is 2.84 bits per heavy atom. The van der Waals surface area contributed by atoms with Crippen LogP contribution in [0.4, 0.5) is 0 Å². The first-order chi connectivity index (χ1) is 9.02. The lowest BCUT2D eigenvalue weighted by Gasteiger charge is -2.15. The Bertz CT molecular complexity index is 449. The number of benzene rings is 1. The molecule has 0 bridgehead atoms. The van der Waals surface area contributed by atoms with Gasteiger partial charge in [0.1, 0.15) is 5.75 Å². The van der Waals surface area contributed by atoms with E-state index in [4.69, 9.17) is 22.7 Å². The van der Waals surface area contributed by atoms with Crippen LogP contribution in [0.15, 0.2) is 24.3 Å². The van der Waals surface area contributed by atoms with Crippen LogP contribution >= 0.6 is 12.2 Å². The topological polar surface area (TPSA) is 64.3 Å². The molecule has 5 heteroatoms. The number of carbonyl (C=O) groups is 1. The van der Waals surface area contributed by atoms with E-state index in [9.17, 15) is 4.79 Å². The van der Waals surface area contributed by atoms with Gasteiger partial charge in [0.2, 0.25) is 5.91 Å². The molecule has 104 valence electrons. The third kappa shape index (κ3) is 5.70. The van der Waals surface area contributed by atoms with E-state index < -0.39 is 0 Å². The zero-order valence-corrected chi connectivity index (χ0v) is 12.1. The average molecular weight is 280 g/mol. The van der Waals surface area contributed by atoms with Crippen LogP contribution in [0.1, 0.15) is 25.3 Å². The van der Waals surface area contributed by atoms with Gasteiger partial charge in [0.05, 0.1) is 24.1 Å². The van der Waals surface area contributed by atoms with Gasteiger partial charge in [0.15, 0.2) is 0 Å². The number of hydrogen-bond donors (Lipinski definition) is 2. The molecule has 3 N–H and O–H groups in total. The molecule has 19 heavy (non-hydrogen) atoms. The summed E-state index contributed by atoms with van der Waals surface area (Å²) in [5, 5.41) is 2.78. The lowest BCUT2D eigenvalue weighted by molar-refractivity contribution is -0.121. The highest BCUT2D eigenvalue weighted by atomic mass is 32.1. The molecule has 1 amide bonds. The van der Waals surface area contributed by atoms with Crippen LogP contribution in [-0.4, -0.2) is 23.5 Å². The minimum atomic E-state index is -0.235. The molecule has 0 aliphatic rings. The molecule has 1 rings (SSSR count). The highest BCUT2D eigenvalue weighted by Crippen LogP contribution is 2.12. The maximum absolute atomic E-state index is 11.7. The predicted molar refractivity (Wildman–Crippen MR) is 80.3 cm³/mol. The van der Waals surface area contributed by atoms with Crippen molar-refractivity contribution in [3.8, 4) is 5.75 Å². The summed E-state index contributed by atoms with van der Waals surface area (Å²) in [4.78, 5) is 12.0. The SMILES string of the molecule is CCC(NC(=O)CCOc1cccc(C)c1)C(N)=S. The molecule has 0 heterocycles. The van der Waals surface area contributed by atoms with Gasteiger partial charge in [0, 0.05) is 0 Å². The molecule has 0 fully saturated rings. The lowest BCUT2D eigenvalue weighted by atomic mass is 10.2. The van der Waals surface area contributed by atoms with Crippen molar-refractivity contribution in [3.63, 3.8) is 0 Å². The van der Waals surface area contributed by atoms with Gasteiger partial charge in [-0.15, -0.1) is 0 Å². The van der Waals surface area contributed by atoms with Gasteiger partial charge in [-0.1, -0.05) is 31.3 Å². The number of nitrogens with one attached hydrogen (secondary N) is 1. The molecule has 0 aliphatic heterocycles. The second kappa shape index (κ2) is 7.74. The van der Waals surface area contributed by atoms with Crippen LogP contribution in [-0.2, 0) is 4.79 Å². The molecule has 0 radical (unpaired) electrons. The van der Waals surface area contributed by atoms with E-state index in [0.717, 1.165) is 11.3 Å². The minimum Gasteiger partial charge on any atom is -0.493 e. The molecule has 1 aromatic carbocycles. The Morgan fingerprint density at radius 1 is 1.53 bits per heavy atom. The summed E-state index contributed by atoms with van der Waals surface area (Å²) in [6, 6.07) is 7.48. The lowest BCUT2D eigenvalue weighted by Crippen LogP contribution is -2.43. The zero-order chi connectivity index (χ0) is 14.3. The molecule has 0 aliphatic carbocycles. The molecule has 1 aromatic rings. The van der Waals surface area contributed by atoms with Crippen molar-refractivity contribution >= 4 is 23.1 Å². The van der Waals surface area contributed by atoms with Crippen LogP contribution in [0.3, 0.4) is 0 Å². The summed E-state index contributed by atoms with van der Waals surface area (Å²) < 4.78 is 5.51. The number of aryl methyl sites for hydroxylation is 1. The van der Waals surface area contributed by atoms with Crippen LogP contribution in [0.5, 0.6) is 5.75 Å². The predicted octanol–water partition coefficient (Wildman–Crippen LogP) is 1.94. The van der Waals surface area contributed by atoms with E-state index in [2.05, 4.69) is 5.32 Å². The molecule has 0 saturated heterocycles. The van der Waals surface area contributed by atoms with Crippen molar-refractivity contribution in [1.29, 1.82) is 0 Å². The number of thiocarbonyl (C=S) groups is 1. The molecule has 4 nitrogen and oxygen atoms in total. The second-order valence-electron chi connectivity index (χ2n) is 4.35. The fourth-order valence-corrected chi connectivity index (χ4v) is 1.83. The van der Waals surface area contributed by atoms with Crippen molar-refractivity contribution in [3.05, 3.63) is 29.8 Å². The molecule has 1 atom stereocenters. The Hall–Kier alpha value is -1.62. The van der Waals surface area contributed by atoms with Crippen molar-refractivity contribution in [2.75, 3.05) is 6.61 Å². The highest BCUT2D eigenvalue weighted by molar-refractivity contribution is 7.80. The number of hydrogen-bond acceptors (Lipinski definition) is 3. The van der Waals surface area contributed by atoms with Gasteiger partial charge in [-0.25, -0.2) is 0 Å². The van der Waals surface area contributed by atoms with Gasteiger partial charge in [-0.3, -0.25) is 4.79 Å². The molecular formula is C14H20N2O2S. The van der Waals surface area contributed by atoms with Crippen LogP contribution in [0.2, 0.25) is 0 Å². The van der Waals surface area contributed by atoms with E-state index in [-0.39, 0.29) is 18.4 Å². The van der Waals surface area contributed by atoms with E-state index in [1.54, 1.807) is 0 Å². The summed E-state index contributed by atoms with van der Waals surface area (Å²) in [6.07, 6.45) is 0.979. The summed E-state index contributed by atoms with van der Waals surface area (Å²) in [5.74, 6) is 0.668. The van der Waals surface area contributed by atoms with Gasteiger partial charge >= 0.3 is 0 Å². The van der Waals surface area contributed by atoms with Crippen molar-refractivity contribution in [2.45, 2.75) is 32.7 Å². The highest BCUT2D eigenvalue weighted by Gasteiger charge is 2.12. The third-order valence-corrected chi connectivity index (χ3v) is 2.96. The average Bonchev–Trinajstić information content (AvgIpc) is 2.35. The smallest absolute Gasteiger partial charge is 0.223 e. The van der Waals surface area contributed by atoms with Crippen LogP contribution < -0.4 is 15.8 Å². The van der Waals surface area contributed by atoms with Crippen molar-refractivity contribution in [2.24, 2.45) is 5.73 Å². The minimum absolute atomic E-state index is 0.104. The molecule has 0 aromatic heterocycles. The fraction of sp³-hybridized carbons (Fsp3) is 0.429. The largest absolute Gasteiger partial charge is 0.493 e. The van der Waals surface area contributed by atoms with E-state index in [1.807, 2.05) is 38.1 Å². The fourth-order valence-electron chi connectivity index (χ4n) is 1.61. The Morgan fingerprint density at radius 2 is 2.26 bits per heavy atom. The number of carbonyl (C=O) groups excluding carboxylic acids is 1. The molecule has 0 spiro atoms. The van der Waals surface area contributed by atoms with Gasteiger partial charge in [-0.05, 0) is 31.0 Å². The van der Waals surface area contributed by atoms with Gasteiger partial charge in [-0.2, -0.15) is 0 Å². The Labute approximate surface area is 119 Å². The van der Waals surface area contributed by atoms with Gasteiger partial charge in [0.25, 0.3) is 0 Å². The summed E-state index contributed by atoms with van der Waals surface area (Å²) in [7, 11) is 0. The summed E-state index contributed by atoms with van der Waals surface area (Å²) in [5.41, 5.74) is 6.64.